The molecule has 0 aromatic heterocycles. The van der Waals surface area contributed by atoms with Crippen LogP contribution in [0.5, 0.6) is 17.2 Å². The van der Waals surface area contributed by atoms with Gasteiger partial charge in [0.05, 0.1) is 37.1 Å². The Labute approximate surface area is 211 Å². The first-order valence-corrected chi connectivity index (χ1v) is 11.4. The molecule has 10 nitrogen and oxygen atoms in total. The molecule has 1 saturated heterocycles. The average Bonchev–Trinajstić information content (AvgIpc) is 2.89. The number of anilines is 1. The summed E-state index contributed by atoms with van der Waals surface area (Å²) in [6, 6.07) is 13.5. The molecule has 0 spiro atoms. The Morgan fingerprint density at radius 3 is 2.25 bits per heavy atom. The Hall–Kier alpha value is -3.12. The van der Waals surface area contributed by atoms with Gasteiger partial charge in [0.2, 0.25) is 6.29 Å². The van der Waals surface area contributed by atoms with Gasteiger partial charge in [-0.1, -0.05) is 35.9 Å². The van der Waals surface area contributed by atoms with Crippen molar-refractivity contribution in [3.63, 3.8) is 0 Å². The van der Waals surface area contributed by atoms with E-state index in [4.69, 9.17) is 30.5 Å². The maximum absolute atomic E-state index is 13.4. The summed E-state index contributed by atoms with van der Waals surface area (Å²) < 4.78 is 21.9. The first-order chi connectivity index (χ1) is 17.3. The number of amides is 1. The summed E-state index contributed by atoms with van der Waals surface area (Å²) in [6.45, 7) is -0.617. The number of rotatable bonds is 7. The summed E-state index contributed by atoms with van der Waals surface area (Å²) in [4.78, 5) is 13.4. The first-order valence-electron chi connectivity index (χ1n) is 11.0. The molecule has 0 unspecified atom stereocenters. The van der Waals surface area contributed by atoms with E-state index in [-0.39, 0.29) is 17.0 Å². The summed E-state index contributed by atoms with van der Waals surface area (Å²) >= 11 is 6.16. The molecule has 1 heterocycles. The van der Waals surface area contributed by atoms with E-state index in [2.05, 4.69) is 5.32 Å². The number of ether oxygens (including phenoxy) is 4. The third-order valence-corrected chi connectivity index (χ3v) is 6.20. The van der Waals surface area contributed by atoms with Crippen molar-refractivity contribution >= 4 is 34.0 Å². The third-order valence-electron chi connectivity index (χ3n) is 5.91. The monoisotopic (exact) mass is 519 g/mol. The van der Waals surface area contributed by atoms with E-state index in [0.717, 1.165) is 10.8 Å². The number of hydrogen-bond donors (Lipinski definition) is 5. The van der Waals surface area contributed by atoms with Gasteiger partial charge >= 0.3 is 0 Å². The summed E-state index contributed by atoms with van der Waals surface area (Å²) in [5.74, 6) is 0.0776. The van der Waals surface area contributed by atoms with E-state index in [1.165, 1.54) is 26.4 Å². The molecule has 192 valence electrons. The molecule has 1 fully saturated rings. The molecule has 0 bridgehead atoms. The number of benzene rings is 3. The highest BCUT2D eigenvalue weighted by atomic mass is 35.5. The van der Waals surface area contributed by atoms with E-state index in [1.54, 1.807) is 12.1 Å². The van der Waals surface area contributed by atoms with Crippen LogP contribution in [0.3, 0.4) is 0 Å². The van der Waals surface area contributed by atoms with Crippen molar-refractivity contribution in [3.05, 3.63) is 59.1 Å². The fourth-order valence-electron chi connectivity index (χ4n) is 3.93. The zero-order valence-electron chi connectivity index (χ0n) is 19.4. The van der Waals surface area contributed by atoms with Crippen LogP contribution in [-0.4, -0.2) is 77.9 Å². The molecule has 5 atom stereocenters. The predicted octanol–water partition coefficient (Wildman–Crippen LogP) is 1.94. The standard InChI is InChI=1S/C25H26ClNO9/c1-33-18-10-16(19(34-2)9-15(18)26)27-24(32)14-7-12-5-3-4-6-13(12)8-17(14)35-25-23(31)22(30)21(29)20(11-28)36-25/h3-10,20-23,25,28-31H,11H2,1-2H3,(H,27,32)/t20-,21+,22+,23-,25-/m0/s1. The van der Waals surface area contributed by atoms with Crippen molar-refractivity contribution in [2.24, 2.45) is 0 Å². The minimum Gasteiger partial charge on any atom is -0.495 e. The number of carbonyl (C=O) groups excluding carboxylic acids is 1. The van der Waals surface area contributed by atoms with Crippen molar-refractivity contribution in [3.8, 4) is 17.2 Å². The van der Waals surface area contributed by atoms with Crippen molar-refractivity contribution in [2.75, 3.05) is 26.1 Å². The lowest BCUT2D eigenvalue weighted by atomic mass is 9.99. The van der Waals surface area contributed by atoms with Crippen LogP contribution >= 0.6 is 11.6 Å². The topological polar surface area (TPSA) is 147 Å². The Morgan fingerprint density at radius 2 is 1.61 bits per heavy atom. The zero-order valence-corrected chi connectivity index (χ0v) is 20.2. The highest BCUT2D eigenvalue weighted by Crippen LogP contribution is 2.37. The average molecular weight is 520 g/mol. The van der Waals surface area contributed by atoms with Gasteiger partial charge in [-0.15, -0.1) is 0 Å². The van der Waals surface area contributed by atoms with Crippen LogP contribution in [0.2, 0.25) is 5.02 Å². The van der Waals surface area contributed by atoms with Gasteiger partial charge in [0, 0.05) is 12.1 Å². The van der Waals surface area contributed by atoms with Gasteiger partial charge in [0.15, 0.2) is 0 Å². The smallest absolute Gasteiger partial charge is 0.259 e. The van der Waals surface area contributed by atoms with Crippen LogP contribution in [0.4, 0.5) is 5.69 Å². The second-order valence-electron chi connectivity index (χ2n) is 8.15. The van der Waals surface area contributed by atoms with Gasteiger partial charge in [0.1, 0.15) is 41.7 Å². The van der Waals surface area contributed by atoms with Crippen LogP contribution in [0.25, 0.3) is 10.8 Å². The van der Waals surface area contributed by atoms with Crippen molar-refractivity contribution < 1.29 is 44.2 Å². The quantitative estimate of drug-likeness (QED) is 0.316. The zero-order chi connectivity index (χ0) is 26.0. The van der Waals surface area contributed by atoms with E-state index in [9.17, 15) is 25.2 Å². The lowest BCUT2D eigenvalue weighted by Gasteiger charge is -2.39. The molecule has 0 aliphatic carbocycles. The first kappa shape index (κ1) is 26.0. The molecule has 0 saturated carbocycles. The molecule has 1 aliphatic rings. The highest BCUT2D eigenvalue weighted by Gasteiger charge is 2.45. The number of aliphatic hydroxyl groups excluding tert-OH is 4. The van der Waals surface area contributed by atoms with Gasteiger partial charge in [-0.25, -0.2) is 0 Å². The number of hydrogen-bond acceptors (Lipinski definition) is 9. The summed E-state index contributed by atoms with van der Waals surface area (Å²) in [6.07, 6.45) is -7.47. The van der Waals surface area contributed by atoms with Crippen molar-refractivity contribution in [1.29, 1.82) is 0 Å². The minimum atomic E-state index is -1.65. The maximum Gasteiger partial charge on any atom is 0.259 e. The number of carbonyl (C=O) groups is 1. The molecule has 4 rings (SSSR count). The van der Waals surface area contributed by atoms with Gasteiger partial charge in [0.25, 0.3) is 5.91 Å². The minimum absolute atomic E-state index is 0.0374. The van der Waals surface area contributed by atoms with Crippen LogP contribution in [0, 0.1) is 0 Å². The van der Waals surface area contributed by atoms with E-state index >= 15 is 0 Å². The second-order valence-corrected chi connectivity index (χ2v) is 8.56. The highest BCUT2D eigenvalue weighted by molar-refractivity contribution is 6.32. The van der Waals surface area contributed by atoms with Crippen LogP contribution in [0.1, 0.15) is 10.4 Å². The summed E-state index contributed by atoms with van der Waals surface area (Å²) in [5, 5.41) is 44.6. The Bertz CT molecular complexity index is 1250. The van der Waals surface area contributed by atoms with E-state index in [0.29, 0.717) is 16.5 Å². The molecule has 3 aromatic carbocycles. The summed E-state index contributed by atoms with van der Waals surface area (Å²) in [7, 11) is 2.87. The van der Waals surface area contributed by atoms with Crippen LogP contribution in [-0.2, 0) is 4.74 Å². The number of fused-ring (bicyclic) bond motifs is 1. The maximum atomic E-state index is 13.4. The SMILES string of the molecule is COc1cc(NC(=O)c2cc3ccccc3cc2O[C@H]2O[C@@H](CO)[C@@H](O)[C@@H](O)[C@@H]2O)c(OC)cc1Cl. The molecule has 5 N–H and O–H groups in total. The molecule has 3 aromatic rings. The predicted molar refractivity (Wildman–Crippen MR) is 131 cm³/mol. The molecule has 1 aliphatic heterocycles. The number of halogens is 1. The van der Waals surface area contributed by atoms with Crippen molar-refractivity contribution in [2.45, 2.75) is 30.7 Å². The van der Waals surface area contributed by atoms with E-state index < -0.39 is 43.2 Å². The Balaban J connectivity index is 1.72. The van der Waals surface area contributed by atoms with Crippen LogP contribution in [0.15, 0.2) is 48.5 Å². The number of nitrogens with one attached hydrogen (secondary N) is 1. The molecular formula is C25H26ClNO9. The Morgan fingerprint density at radius 1 is 0.944 bits per heavy atom. The van der Waals surface area contributed by atoms with Gasteiger partial charge in [-0.3, -0.25) is 4.79 Å². The largest absolute Gasteiger partial charge is 0.495 e. The molecule has 11 heteroatoms. The second kappa shape index (κ2) is 10.9. The van der Waals surface area contributed by atoms with Gasteiger partial charge in [-0.2, -0.15) is 0 Å². The molecule has 0 radical (unpaired) electrons. The third kappa shape index (κ3) is 5.05. The summed E-state index contributed by atoms with van der Waals surface area (Å²) in [5.41, 5.74) is 0.373. The fraction of sp³-hybridized carbons (Fsp3) is 0.320. The Kier molecular flexibility index (Phi) is 7.84. The van der Waals surface area contributed by atoms with Crippen LogP contribution < -0.4 is 19.5 Å². The van der Waals surface area contributed by atoms with E-state index in [1.807, 2.05) is 24.3 Å². The fourth-order valence-corrected chi connectivity index (χ4v) is 4.16. The lowest BCUT2D eigenvalue weighted by Crippen LogP contribution is -2.60. The van der Waals surface area contributed by atoms with Gasteiger partial charge in [-0.05, 0) is 22.9 Å². The molecule has 1 amide bonds. The molecular weight excluding hydrogens is 494 g/mol. The molecule has 36 heavy (non-hydrogen) atoms. The normalized spacial score (nSPS) is 23.8. The number of methoxy groups -OCH3 is 2. The number of aliphatic hydroxyl groups is 4. The van der Waals surface area contributed by atoms with Gasteiger partial charge < -0.3 is 44.7 Å². The van der Waals surface area contributed by atoms with Crippen molar-refractivity contribution in [1.82, 2.24) is 0 Å². The lowest BCUT2D eigenvalue weighted by molar-refractivity contribution is -0.277.